The van der Waals surface area contributed by atoms with Gasteiger partial charge in [-0.25, -0.2) is 22.8 Å². The van der Waals surface area contributed by atoms with E-state index >= 15 is 0 Å². The highest BCUT2D eigenvalue weighted by Gasteiger charge is 2.26. The summed E-state index contributed by atoms with van der Waals surface area (Å²) in [6.45, 7) is 5.27. The van der Waals surface area contributed by atoms with Gasteiger partial charge in [-0.2, -0.15) is 10.1 Å². The molecule has 0 spiro atoms. The van der Waals surface area contributed by atoms with E-state index in [0.717, 1.165) is 73.8 Å². The van der Waals surface area contributed by atoms with Crippen LogP contribution >= 0.6 is 0 Å². The SMILES string of the molecule is CCCCNc1ncc2c(-c3ccc(S(=O)(=O)NCCC)cc3)nn([C@H]3CC[C@@H](O)CC3)c2n1. The van der Waals surface area contributed by atoms with Gasteiger partial charge in [0.15, 0.2) is 5.65 Å². The smallest absolute Gasteiger partial charge is 0.240 e. The number of nitrogens with one attached hydrogen (secondary N) is 2. The first-order chi connectivity index (χ1) is 16.4. The number of aliphatic hydroxyl groups is 1. The highest BCUT2D eigenvalue weighted by atomic mass is 32.2. The van der Waals surface area contributed by atoms with E-state index in [0.29, 0.717) is 12.5 Å². The fourth-order valence-electron chi connectivity index (χ4n) is 4.27. The molecule has 0 atom stereocenters. The molecule has 1 saturated carbocycles. The molecule has 0 bridgehead atoms. The highest BCUT2D eigenvalue weighted by Crippen LogP contribution is 2.34. The fraction of sp³-hybridized carbons (Fsp3) is 0.542. The summed E-state index contributed by atoms with van der Waals surface area (Å²) >= 11 is 0. The normalized spacial score (nSPS) is 18.9. The largest absolute Gasteiger partial charge is 0.393 e. The molecule has 0 unspecified atom stereocenters. The van der Waals surface area contributed by atoms with Crippen LogP contribution < -0.4 is 10.0 Å². The highest BCUT2D eigenvalue weighted by molar-refractivity contribution is 7.89. The van der Waals surface area contributed by atoms with Crippen molar-refractivity contribution in [1.29, 1.82) is 0 Å². The monoisotopic (exact) mass is 486 g/mol. The van der Waals surface area contributed by atoms with Gasteiger partial charge in [0.2, 0.25) is 16.0 Å². The van der Waals surface area contributed by atoms with Crippen molar-refractivity contribution in [2.75, 3.05) is 18.4 Å². The summed E-state index contributed by atoms with van der Waals surface area (Å²) < 4.78 is 29.5. The second-order valence-corrected chi connectivity index (χ2v) is 10.7. The molecular weight excluding hydrogens is 452 g/mol. The van der Waals surface area contributed by atoms with Crippen molar-refractivity contribution in [3.63, 3.8) is 0 Å². The number of sulfonamides is 1. The zero-order valence-electron chi connectivity index (χ0n) is 19.9. The number of hydrogen-bond donors (Lipinski definition) is 3. The molecule has 34 heavy (non-hydrogen) atoms. The third-order valence-electron chi connectivity index (χ3n) is 6.25. The molecular formula is C24H34N6O3S. The number of aliphatic hydroxyl groups excluding tert-OH is 1. The molecule has 1 fully saturated rings. The van der Waals surface area contributed by atoms with Crippen LogP contribution in [0, 0.1) is 0 Å². The maximum atomic E-state index is 12.5. The van der Waals surface area contributed by atoms with Crippen LogP contribution in [-0.2, 0) is 10.0 Å². The Bertz CT molecular complexity index is 1200. The van der Waals surface area contributed by atoms with Gasteiger partial charge in [0.25, 0.3) is 0 Å². The average molecular weight is 487 g/mol. The lowest BCUT2D eigenvalue weighted by molar-refractivity contribution is 0.109. The molecule has 3 N–H and O–H groups in total. The number of hydrogen-bond acceptors (Lipinski definition) is 7. The Morgan fingerprint density at radius 2 is 1.79 bits per heavy atom. The van der Waals surface area contributed by atoms with Crippen molar-refractivity contribution >= 4 is 27.0 Å². The molecule has 1 aliphatic rings. The minimum Gasteiger partial charge on any atom is -0.393 e. The Morgan fingerprint density at radius 1 is 1.06 bits per heavy atom. The summed E-state index contributed by atoms with van der Waals surface area (Å²) in [7, 11) is -3.53. The summed E-state index contributed by atoms with van der Waals surface area (Å²) in [6, 6.07) is 6.93. The van der Waals surface area contributed by atoms with Gasteiger partial charge >= 0.3 is 0 Å². The second-order valence-electron chi connectivity index (χ2n) is 8.89. The van der Waals surface area contributed by atoms with Crippen LogP contribution in [0.15, 0.2) is 35.4 Å². The summed E-state index contributed by atoms with van der Waals surface area (Å²) in [4.78, 5) is 9.52. The van der Waals surface area contributed by atoms with E-state index in [9.17, 15) is 13.5 Å². The maximum Gasteiger partial charge on any atom is 0.240 e. The number of benzene rings is 1. The molecule has 1 aliphatic carbocycles. The first kappa shape index (κ1) is 24.6. The lowest BCUT2D eigenvalue weighted by Crippen LogP contribution is -2.24. The number of aromatic nitrogens is 4. The molecule has 9 nitrogen and oxygen atoms in total. The molecule has 2 aromatic heterocycles. The van der Waals surface area contributed by atoms with Gasteiger partial charge in [-0.1, -0.05) is 32.4 Å². The van der Waals surface area contributed by atoms with Crippen molar-refractivity contribution in [2.45, 2.75) is 75.8 Å². The molecule has 4 rings (SSSR count). The summed E-state index contributed by atoms with van der Waals surface area (Å²) in [6.07, 6.45) is 7.54. The zero-order valence-corrected chi connectivity index (χ0v) is 20.7. The predicted molar refractivity (Wildman–Crippen MR) is 133 cm³/mol. The quantitative estimate of drug-likeness (QED) is 0.372. The van der Waals surface area contributed by atoms with E-state index in [-0.39, 0.29) is 17.0 Å². The number of fused-ring (bicyclic) bond motifs is 1. The first-order valence-corrected chi connectivity index (χ1v) is 13.7. The summed E-state index contributed by atoms with van der Waals surface area (Å²) in [5.74, 6) is 0.577. The van der Waals surface area contributed by atoms with Gasteiger partial charge in [0.05, 0.1) is 22.4 Å². The van der Waals surface area contributed by atoms with Crippen molar-refractivity contribution in [3.05, 3.63) is 30.5 Å². The van der Waals surface area contributed by atoms with Crippen molar-refractivity contribution in [2.24, 2.45) is 0 Å². The van der Waals surface area contributed by atoms with Gasteiger partial charge in [-0.15, -0.1) is 0 Å². The summed E-state index contributed by atoms with van der Waals surface area (Å²) in [5.41, 5.74) is 2.29. The van der Waals surface area contributed by atoms with Gasteiger partial charge in [0, 0.05) is 24.8 Å². The number of unbranched alkanes of at least 4 members (excludes halogenated alkanes) is 1. The van der Waals surface area contributed by atoms with E-state index in [1.807, 2.05) is 11.6 Å². The summed E-state index contributed by atoms with van der Waals surface area (Å²) in [5, 5.41) is 19.0. The lowest BCUT2D eigenvalue weighted by Gasteiger charge is -2.25. The topological polar surface area (TPSA) is 122 Å². The van der Waals surface area contributed by atoms with Gasteiger partial charge in [-0.3, -0.25) is 0 Å². The van der Waals surface area contributed by atoms with Crippen LogP contribution in [0.3, 0.4) is 0 Å². The van der Waals surface area contributed by atoms with Crippen molar-refractivity contribution < 1.29 is 13.5 Å². The molecule has 1 aromatic carbocycles. The minimum atomic E-state index is -3.53. The van der Waals surface area contributed by atoms with E-state index in [4.69, 9.17) is 10.1 Å². The Kier molecular flexibility index (Phi) is 7.80. The minimum absolute atomic E-state index is 0.149. The molecule has 0 saturated heterocycles. The zero-order chi connectivity index (χ0) is 24.1. The fourth-order valence-corrected chi connectivity index (χ4v) is 5.40. The van der Waals surface area contributed by atoms with E-state index in [1.165, 1.54) is 0 Å². The van der Waals surface area contributed by atoms with E-state index in [1.54, 1.807) is 30.5 Å². The Hall–Kier alpha value is -2.56. The molecule has 10 heteroatoms. The number of rotatable bonds is 10. The molecule has 3 aromatic rings. The van der Waals surface area contributed by atoms with Crippen LogP contribution in [0.5, 0.6) is 0 Å². The van der Waals surface area contributed by atoms with Gasteiger partial charge in [-0.05, 0) is 50.7 Å². The van der Waals surface area contributed by atoms with Crippen molar-refractivity contribution in [3.8, 4) is 11.3 Å². The molecule has 2 heterocycles. The Morgan fingerprint density at radius 3 is 2.47 bits per heavy atom. The molecule has 184 valence electrons. The Labute approximate surface area is 201 Å². The predicted octanol–water partition coefficient (Wildman–Crippen LogP) is 3.87. The lowest BCUT2D eigenvalue weighted by atomic mass is 9.93. The number of anilines is 1. The van der Waals surface area contributed by atoms with Gasteiger partial charge < -0.3 is 10.4 Å². The van der Waals surface area contributed by atoms with Crippen LogP contribution in [0.1, 0.15) is 64.8 Å². The third kappa shape index (κ3) is 5.39. The number of nitrogens with zero attached hydrogens (tertiary/aromatic N) is 4. The molecule has 0 aliphatic heterocycles. The van der Waals surface area contributed by atoms with Crippen LogP contribution in [0.4, 0.5) is 5.95 Å². The maximum absolute atomic E-state index is 12.5. The first-order valence-electron chi connectivity index (χ1n) is 12.2. The van der Waals surface area contributed by atoms with Crippen LogP contribution in [0.25, 0.3) is 22.3 Å². The standard InChI is InChI=1S/C24H34N6O3S/c1-3-5-15-25-24-26-16-21-22(17-6-12-20(13-7-17)34(32,33)27-14-4-2)29-30(23(21)28-24)18-8-10-19(31)11-9-18/h6-7,12-13,16,18-19,27,31H,3-5,8-11,14-15H2,1-2H3,(H,25,26,28)/t18-,19+. The van der Waals surface area contributed by atoms with Crippen LogP contribution in [-0.4, -0.2) is 52.5 Å². The van der Waals surface area contributed by atoms with Crippen LogP contribution in [0.2, 0.25) is 0 Å². The average Bonchev–Trinajstić information content (AvgIpc) is 3.22. The van der Waals surface area contributed by atoms with E-state index in [2.05, 4.69) is 21.9 Å². The van der Waals surface area contributed by atoms with Crippen molar-refractivity contribution in [1.82, 2.24) is 24.5 Å². The Balaban J connectivity index is 1.70. The molecule has 0 amide bonds. The third-order valence-corrected chi connectivity index (χ3v) is 7.73. The van der Waals surface area contributed by atoms with E-state index < -0.39 is 10.0 Å². The molecule has 0 radical (unpaired) electrons. The second kappa shape index (κ2) is 10.8. The van der Waals surface area contributed by atoms with Gasteiger partial charge in [0.1, 0.15) is 5.69 Å².